The Bertz CT molecular complexity index is 793. The Morgan fingerprint density at radius 2 is 1.92 bits per heavy atom. The number of carbonyl (C=O) groups is 2. The molecule has 4 N–H and O–H groups in total. The van der Waals surface area contributed by atoms with Crippen LogP contribution in [0.25, 0.3) is 0 Å². The van der Waals surface area contributed by atoms with Gasteiger partial charge < -0.3 is 15.5 Å². The van der Waals surface area contributed by atoms with E-state index in [2.05, 4.69) is 15.8 Å². The summed E-state index contributed by atoms with van der Waals surface area (Å²) in [5.41, 5.74) is 2.26. The van der Waals surface area contributed by atoms with Crippen molar-refractivity contribution < 1.29 is 24.2 Å². The number of hydrogen-bond acceptors (Lipinski definition) is 5. The molecule has 2 rings (SSSR count). The van der Waals surface area contributed by atoms with Crippen LogP contribution in [0, 0.1) is 5.82 Å². The molecule has 0 aliphatic rings. The van der Waals surface area contributed by atoms with E-state index in [4.69, 9.17) is 5.11 Å². The van der Waals surface area contributed by atoms with Crippen molar-refractivity contribution in [2.45, 2.75) is 0 Å². The number of carbonyl (C=O) groups excluding carboxylic acids is 2. The zero-order chi connectivity index (χ0) is 17.5. The molecule has 0 unspecified atom stereocenters. The standard InChI is InChI=1S/C16H14FN3O4/c17-13-4-2-1-3-12(13)16(24)18-9-15(23)20-19-8-10-5-6-11(21)7-14(10)22/h1-8,21-22H,9H2,(H,18,24)(H,20,23)/b19-8+. The second-order valence-electron chi connectivity index (χ2n) is 4.70. The molecule has 0 aliphatic carbocycles. The Balaban J connectivity index is 1.84. The maximum atomic E-state index is 13.4. The zero-order valence-corrected chi connectivity index (χ0v) is 12.4. The number of nitrogens with one attached hydrogen (secondary N) is 2. The molecule has 2 aromatic rings. The molecule has 0 aromatic heterocycles. The molecule has 24 heavy (non-hydrogen) atoms. The monoisotopic (exact) mass is 331 g/mol. The van der Waals surface area contributed by atoms with Gasteiger partial charge in [0.1, 0.15) is 17.3 Å². The molecule has 0 radical (unpaired) electrons. The topological polar surface area (TPSA) is 111 Å². The summed E-state index contributed by atoms with van der Waals surface area (Å²) in [7, 11) is 0. The first-order valence-electron chi connectivity index (χ1n) is 6.84. The van der Waals surface area contributed by atoms with Gasteiger partial charge in [-0.2, -0.15) is 5.10 Å². The number of phenolic OH excluding ortho intramolecular Hbond substituents is 2. The van der Waals surface area contributed by atoms with E-state index in [-0.39, 0.29) is 22.6 Å². The van der Waals surface area contributed by atoms with Crippen LogP contribution in [0.2, 0.25) is 0 Å². The van der Waals surface area contributed by atoms with Crippen molar-refractivity contribution in [2.24, 2.45) is 5.10 Å². The van der Waals surface area contributed by atoms with Gasteiger partial charge in [-0.15, -0.1) is 0 Å². The van der Waals surface area contributed by atoms with Crippen LogP contribution in [0.15, 0.2) is 47.6 Å². The fourth-order valence-corrected chi connectivity index (χ4v) is 1.76. The van der Waals surface area contributed by atoms with Gasteiger partial charge in [-0.3, -0.25) is 9.59 Å². The molecule has 7 nitrogen and oxygen atoms in total. The van der Waals surface area contributed by atoms with Crippen LogP contribution >= 0.6 is 0 Å². The van der Waals surface area contributed by atoms with Crippen LogP contribution in [-0.4, -0.2) is 34.8 Å². The lowest BCUT2D eigenvalue weighted by atomic mass is 10.2. The quantitative estimate of drug-likeness (QED) is 0.486. The molecular weight excluding hydrogens is 317 g/mol. The lowest BCUT2D eigenvalue weighted by Gasteiger charge is -2.05. The molecular formula is C16H14FN3O4. The first-order chi connectivity index (χ1) is 11.5. The molecule has 0 spiro atoms. The third-order valence-corrected chi connectivity index (χ3v) is 2.93. The minimum absolute atomic E-state index is 0.107. The Morgan fingerprint density at radius 3 is 2.62 bits per heavy atom. The summed E-state index contributed by atoms with van der Waals surface area (Å²) in [5, 5.41) is 24.5. The van der Waals surface area contributed by atoms with Crippen LogP contribution in [-0.2, 0) is 4.79 Å². The molecule has 2 amide bonds. The lowest BCUT2D eigenvalue weighted by Crippen LogP contribution is -2.35. The molecule has 0 aliphatic heterocycles. The Hall–Kier alpha value is -3.42. The average molecular weight is 331 g/mol. The van der Waals surface area contributed by atoms with E-state index in [9.17, 15) is 19.1 Å². The van der Waals surface area contributed by atoms with Crippen LogP contribution in [0.5, 0.6) is 11.5 Å². The third kappa shape index (κ3) is 4.54. The van der Waals surface area contributed by atoms with Gasteiger partial charge in [-0.25, -0.2) is 9.82 Å². The maximum absolute atomic E-state index is 13.4. The maximum Gasteiger partial charge on any atom is 0.259 e. The molecule has 0 heterocycles. The highest BCUT2D eigenvalue weighted by Crippen LogP contribution is 2.20. The number of hydrogen-bond donors (Lipinski definition) is 4. The van der Waals surface area contributed by atoms with Gasteiger partial charge in [-0.1, -0.05) is 12.1 Å². The van der Waals surface area contributed by atoms with Crippen molar-refractivity contribution in [2.75, 3.05) is 6.54 Å². The molecule has 0 saturated carbocycles. The van der Waals surface area contributed by atoms with E-state index in [0.717, 1.165) is 12.1 Å². The van der Waals surface area contributed by atoms with E-state index in [1.165, 1.54) is 36.5 Å². The van der Waals surface area contributed by atoms with Crippen molar-refractivity contribution in [3.63, 3.8) is 0 Å². The number of halogens is 1. The Kier molecular flexibility index (Phi) is 5.45. The molecule has 124 valence electrons. The highest BCUT2D eigenvalue weighted by Gasteiger charge is 2.11. The summed E-state index contributed by atoms with van der Waals surface area (Å²) >= 11 is 0. The van der Waals surface area contributed by atoms with Crippen molar-refractivity contribution in [1.29, 1.82) is 0 Å². The SMILES string of the molecule is O=C(CNC(=O)c1ccccc1F)N/N=C/c1ccc(O)cc1O. The van der Waals surface area contributed by atoms with Gasteiger partial charge in [0, 0.05) is 11.6 Å². The largest absolute Gasteiger partial charge is 0.508 e. The summed E-state index contributed by atoms with van der Waals surface area (Å²) in [4.78, 5) is 23.3. The number of hydrazone groups is 1. The molecule has 8 heteroatoms. The fraction of sp³-hybridized carbons (Fsp3) is 0.0625. The van der Waals surface area contributed by atoms with Gasteiger partial charge in [-0.05, 0) is 24.3 Å². The predicted molar refractivity (Wildman–Crippen MR) is 84.2 cm³/mol. The van der Waals surface area contributed by atoms with Gasteiger partial charge in [0.2, 0.25) is 0 Å². The van der Waals surface area contributed by atoms with Crippen molar-refractivity contribution in [1.82, 2.24) is 10.7 Å². The van der Waals surface area contributed by atoms with E-state index < -0.39 is 24.2 Å². The zero-order valence-electron chi connectivity index (χ0n) is 12.4. The first-order valence-corrected chi connectivity index (χ1v) is 6.84. The van der Waals surface area contributed by atoms with E-state index in [1.807, 2.05) is 0 Å². The minimum atomic E-state index is -0.719. The van der Waals surface area contributed by atoms with Crippen molar-refractivity contribution >= 4 is 18.0 Å². The summed E-state index contributed by atoms with van der Waals surface area (Å²) in [5.74, 6) is -2.35. The fourth-order valence-electron chi connectivity index (χ4n) is 1.76. The van der Waals surface area contributed by atoms with Crippen LogP contribution < -0.4 is 10.7 Å². The molecule has 0 atom stereocenters. The van der Waals surface area contributed by atoms with Gasteiger partial charge >= 0.3 is 0 Å². The predicted octanol–water partition coefficient (Wildman–Crippen LogP) is 1.12. The van der Waals surface area contributed by atoms with Crippen LogP contribution in [0.1, 0.15) is 15.9 Å². The third-order valence-electron chi connectivity index (χ3n) is 2.93. The second-order valence-corrected chi connectivity index (χ2v) is 4.70. The van der Waals surface area contributed by atoms with Crippen LogP contribution in [0.3, 0.4) is 0 Å². The number of benzene rings is 2. The molecule has 2 aromatic carbocycles. The summed E-state index contributed by atoms with van der Waals surface area (Å²) in [6.45, 7) is -0.397. The van der Waals surface area contributed by atoms with Gasteiger partial charge in [0.15, 0.2) is 0 Å². The number of rotatable bonds is 5. The van der Waals surface area contributed by atoms with Gasteiger partial charge in [0.05, 0.1) is 18.3 Å². The highest BCUT2D eigenvalue weighted by molar-refractivity contribution is 5.96. The number of nitrogens with zero attached hydrogens (tertiary/aromatic N) is 1. The second kappa shape index (κ2) is 7.73. The number of amides is 2. The highest BCUT2D eigenvalue weighted by atomic mass is 19.1. The number of phenols is 2. The number of aromatic hydroxyl groups is 2. The van der Waals surface area contributed by atoms with E-state index in [0.29, 0.717) is 0 Å². The minimum Gasteiger partial charge on any atom is -0.508 e. The normalized spacial score (nSPS) is 10.5. The van der Waals surface area contributed by atoms with E-state index in [1.54, 1.807) is 0 Å². The summed E-state index contributed by atoms with van der Waals surface area (Å²) < 4.78 is 13.4. The average Bonchev–Trinajstić information content (AvgIpc) is 2.55. The Labute approximate surface area is 136 Å². The first kappa shape index (κ1) is 16.9. The van der Waals surface area contributed by atoms with Crippen LogP contribution in [0.4, 0.5) is 4.39 Å². The summed E-state index contributed by atoms with van der Waals surface area (Å²) in [6.07, 6.45) is 1.17. The van der Waals surface area contributed by atoms with Gasteiger partial charge in [0.25, 0.3) is 11.8 Å². The molecule has 0 fully saturated rings. The summed E-state index contributed by atoms with van der Waals surface area (Å²) in [6, 6.07) is 9.27. The Morgan fingerprint density at radius 1 is 1.17 bits per heavy atom. The lowest BCUT2D eigenvalue weighted by molar-refractivity contribution is -0.120. The van der Waals surface area contributed by atoms with Crippen molar-refractivity contribution in [3.05, 3.63) is 59.4 Å². The smallest absolute Gasteiger partial charge is 0.259 e. The van der Waals surface area contributed by atoms with E-state index >= 15 is 0 Å². The molecule has 0 saturated heterocycles. The van der Waals surface area contributed by atoms with Crippen molar-refractivity contribution in [3.8, 4) is 11.5 Å². The molecule has 0 bridgehead atoms.